The Morgan fingerprint density at radius 3 is 2.48 bits per heavy atom. The van der Waals surface area contributed by atoms with Gasteiger partial charge in [-0.2, -0.15) is 0 Å². The Kier molecular flexibility index (Phi) is 3.96. The van der Waals surface area contributed by atoms with Gasteiger partial charge in [-0.05, 0) is 5.56 Å². The molecule has 0 N–H and O–H groups in total. The maximum atomic E-state index is 12.3. The summed E-state index contributed by atoms with van der Waals surface area (Å²) in [5.41, 5.74) is 1.74. The highest BCUT2D eigenvalue weighted by Gasteiger charge is 2.23. The summed E-state index contributed by atoms with van der Waals surface area (Å²) in [6, 6.07) is 10.4. The van der Waals surface area contributed by atoms with Gasteiger partial charge in [-0.25, -0.2) is 0 Å². The molecule has 0 aliphatic carbocycles. The predicted octanol–water partition coefficient (Wildman–Crippen LogP) is 0.773. The van der Waals surface area contributed by atoms with Crippen LogP contribution in [0.2, 0.25) is 0 Å². The lowest BCUT2D eigenvalue weighted by Gasteiger charge is -2.34. The van der Waals surface area contributed by atoms with E-state index in [1.165, 1.54) is 5.56 Å². The number of amides is 1. The molecule has 1 amide bonds. The van der Waals surface area contributed by atoms with Crippen LogP contribution in [-0.4, -0.2) is 56.9 Å². The van der Waals surface area contributed by atoms with Crippen molar-refractivity contribution >= 4 is 5.91 Å². The average Bonchev–Trinajstić information content (AvgIpc) is 2.95. The molecule has 3 rings (SSSR count). The van der Waals surface area contributed by atoms with E-state index >= 15 is 0 Å². The number of piperazine rings is 1. The number of aryl methyl sites for hydroxylation is 1. The van der Waals surface area contributed by atoms with Gasteiger partial charge in [0.25, 0.3) is 5.91 Å². The average molecular weight is 285 g/mol. The van der Waals surface area contributed by atoms with E-state index in [2.05, 4.69) is 39.5 Å². The summed E-state index contributed by atoms with van der Waals surface area (Å²) in [5.74, 6) is -0.0255. The summed E-state index contributed by atoms with van der Waals surface area (Å²) < 4.78 is 1.55. The molecule has 1 saturated heterocycles. The summed E-state index contributed by atoms with van der Waals surface area (Å²) in [5, 5.41) is 7.70. The Balaban J connectivity index is 1.54. The van der Waals surface area contributed by atoms with Gasteiger partial charge in [0.1, 0.15) is 0 Å². The normalized spacial score (nSPS) is 16.1. The summed E-state index contributed by atoms with van der Waals surface area (Å²) in [4.78, 5) is 16.5. The molecule has 6 heteroatoms. The minimum atomic E-state index is -0.0255. The first-order valence-electron chi connectivity index (χ1n) is 7.14. The molecule has 2 heterocycles. The lowest BCUT2D eigenvalue weighted by Crippen LogP contribution is -2.48. The summed E-state index contributed by atoms with van der Waals surface area (Å²) in [7, 11) is 1.77. The van der Waals surface area contributed by atoms with Gasteiger partial charge < -0.3 is 4.90 Å². The van der Waals surface area contributed by atoms with Crippen molar-refractivity contribution in [3.05, 3.63) is 47.8 Å². The molecule has 1 aromatic heterocycles. The third-order valence-corrected chi connectivity index (χ3v) is 3.73. The van der Waals surface area contributed by atoms with Gasteiger partial charge in [-0.1, -0.05) is 35.5 Å². The lowest BCUT2D eigenvalue weighted by atomic mass is 10.2. The second-order valence-corrected chi connectivity index (χ2v) is 5.33. The highest BCUT2D eigenvalue weighted by atomic mass is 16.2. The number of carbonyl (C=O) groups is 1. The molecule has 6 nitrogen and oxygen atoms in total. The topological polar surface area (TPSA) is 54.3 Å². The van der Waals surface area contributed by atoms with Crippen LogP contribution in [0.1, 0.15) is 16.1 Å². The summed E-state index contributed by atoms with van der Waals surface area (Å²) in [6.45, 7) is 4.19. The molecule has 2 aromatic rings. The summed E-state index contributed by atoms with van der Waals surface area (Å²) in [6.07, 6.45) is 1.67. The number of hydrogen-bond donors (Lipinski definition) is 0. The molecular formula is C15H19N5O. The van der Waals surface area contributed by atoms with Crippen LogP contribution in [0, 0.1) is 0 Å². The minimum Gasteiger partial charge on any atom is -0.335 e. The molecule has 0 unspecified atom stereocenters. The Morgan fingerprint density at radius 2 is 1.86 bits per heavy atom. The number of rotatable bonds is 3. The Bertz CT molecular complexity index is 602. The van der Waals surface area contributed by atoms with E-state index in [0.717, 1.165) is 32.7 Å². The van der Waals surface area contributed by atoms with E-state index < -0.39 is 0 Å². The van der Waals surface area contributed by atoms with Gasteiger partial charge in [-0.15, -0.1) is 5.10 Å². The van der Waals surface area contributed by atoms with Crippen LogP contribution >= 0.6 is 0 Å². The van der Waals surface area contributed by atoms with Crippen LogP contribution in [0.5, 0.6) is 0 Å². The minimum absolute atomic E-state index is 0.0255. The highest BCUT2D eigenvalue weighted by Crippen LogP contribution is 2.10. The van der Waals surface area contributed by atoms with E-state index in [1.54, 1.807) is 17.9 Å². The third kappa shape index (κ3) is 3.28. The molecule has 1 fully saturated rings. The van der Waals surface area contributed by atoms with Crippen LogP contribution in [0.4, 0.5) is 0 Å². The van der Waals surface area contributed by atoms with Gasteiger partial charge in [0.2, 0.25) is 0 Å². The largest absolute Gasteiger partial charge is 0.335 e. The van der Waals surface area contributed by atoms with Crippen molar-refractivity contribution in [3.8, 4) is 0 Å². The first-order valence-corrected chi connectivity index (χ1v) is 7.14. The van der Waals surface area contributed by atoms with Crippen molar-refractivity contribution in [1.29, 1.82) is 0 Å². The number of benzene rings is 1. The zero-order chi connectivity index (χ0) is 14.7. The molecular weight excluding hydrogens is 266 g/mol. The molecule has 0 atom stereocenters. The van der Waals surface area contributed by atoms with Crippen molar-refractivity contribution in [2.45, 2.75) is 6.54 Å². The van der Waals surface area contributed by atoms with Crippen molar-refractivity contribution in [2.24, 2.45) is 7.05 Å². The fourth-order valence-electron chi connectivity index (χ4n) is 2.56. The maximum absolute atomic E-state index is 12.3. The zero-order valence-corrected chi connectivity index (χ0v) is 12.1. The van der Waals surface area contributed by atoms with Gasteiger partial charge >= 0.3 is 0 Å². The molecule has 0 bridgehead atoms. The van der Waals surface area contributed by atoms with Gasteiger partial charge in [0.15, 0.2) is 5.69 Å². The third-order valence-electron chi connectivity index (χ3n) is 3.73. The van der Waals surface area contributed by atoms with Crippen molar-refractivity contribution in [1.82, 2.24) is 24.8 Å². The fourth-order valence-corrected chi connectivity index (χ4v) is 2.56. The number of nitrogens with zero attached hydrogens (tertiary/aromatic N) is 5. The monoisotopic (exact) mass is 285 g/mol. The summed E-state index contributed by atoms with van der Waals surface area (Å²) >= 11 is 0. The number of carbonyl (C=O) groups excluding carboxylic acids is 1. The van der Waals surface area contributed by atoms with E-state index in [0.29, 0.717) is 5.69 Å². The Morgan fingerprint density at radius 1 is 1.14 bits per heavy atom. The van der Waals surface area contributed by atoms with Crippen molar-refractivity contribution < 1.29 is 4.79 Å². The van der Waals surface area contributed by atoms with Crippen LogP contribution < -0.4 is 0 Å². The molecule has 21 heavy (non-hydrogen) atoms. The Hall–Kier alpha value is -2.21. The van der Waals surface area contributed by atoms with Gasteiger partial charge in [0.05, 0.1) is 6.20 Å². The zero-order valence-electron chi connectivity index (χ0n) is 12.1. The number of hydrogen-bond acceptors (Lipinski definition) is 4. The second-order valence-electron chi connectivity index (χ2n) is 5.33. The predicted molar refractivity (Wildman–Crippen MR) is 78.6 cm³/mol. The quantitative estimate of drug-likeness (QED) is 0.836. The van der Waals surface area contributed by atoms with Crippen molar-refractivity contribution in [3.63, 3.8) is 0 Å². The fraction of sp³-hybridized carbons (Fsp3) is 0.400. The van der Waals surface area contributed by atoms with E-state index in [9.17, 15) is 4.79 Å². The van der Waals surface area contributed by atoms with Gasteiger partial charge in [-0.3, -0.25) is 14.4 Å². The molecule has 1 aliphatic rings. The van der Waals surface area contributed by atoms with Crippen LogP contribution in [0.15, 0.2) is 36.5 Å². The maximum Gasteiger partial charge on any atom is 0.276 e. The van der Waals surface area contributed by atoms with Gasteiger partial charge in [0, 0.05) is 39.8 Å². The lowest BCUT2D eigenvalue weighted by molar-refractivity contribution is 0.0622. The first-order chi connectivity index (χ1) is 10.2. The van der Waals surface area contributed by atoms with Crippen LogP contribution in [0.3, 0.4) is 0 Å². The van der Waals surface area contributed by atoms with Crippen LogP contribution in [0.25, 0.3) is 0 Å². The molecule has 0 saturated carbocycles. The van der Waals surface area contributed by atoms with Crippen molar-refractivity contribution in [2.75, 3.05) is 26.2 Å². The van der Waals surface area contributed by atoms with E-state index in [-0.39, 0.29) is 5.91 Å². The SMILES string of the molecule is Cn1cc(C(=O)N2CCN(Cc3ccccc3)CC2)nn1. The Labute approximate surface area is 124 Å². The molecule has 110 valence electrons. The molecule has 1 aromatic carbocycles. The van der Waals surface area contributed by atoms with E-state index in [1.807, 2.05) is 11.0 Å². The number of aromatic nitrogens is 3. The van der Waals surface area contributed by atoms with E-state index in [4.69, 9.17) is 0 Å². The molecule has 0 radical (unpaired) electrons. The molecule has 0 spiro atoms. The van der Waals surface area contributed by atoms with Crippen LogP contribution in [-0.2, 0) is 13.6 Å². The smallest absolute Gasteiger partial charge is 0.276 e. The second kappa shape index (κ2) is 6.05. The first kappa shape index (κ1) is 13.8. The standard InChI is InChI=1S/C15H19N5O/c1-18-12-14(16-17-18)15(21)20-9-7-19(8-10-20)11-13-5-3-2-4-6-13/h2-6,12H,7-11H2,1H3. The molecule has 1 aliphatic heterocycles. The highest BCUT2D eigenvalue weighted by molar-refractivity contribution is 5.92.